The van der Waals surface area contributed by atoms with Crippen molar-refractivity contribution < 1.29 is 76.6 Å². The molecule has 0 bridgehead atoms. The molecule has 1 N–H and O–H groups in total. The van der Waals surface area contributed by atoms with Crippen molar-refractivity contribution in [3.05, 3.63) is 268 Å². The second-order valence-electron chi connectivity index (χ2n) is 26.2. The number of likely N-dealkylation sites (N-methyl/N-ethyl adjacent to an activating group) is 4. The van der Waals surface area contributed by atoms with Crippen LogP contribution >= 0.6 is 0 Å². The van der Waals surface area contributed by atoms with E-state index in [1.165, 1.54) is 24.3 Å². The fourth-order valence-electron chi connectivity index (χ4n) is 11.8. The van der Waals surface area contributed by atoms with Crippen LogP contribution in [-0.4, -0.2) is 134 Å². The van der Waals surface area contributed by atoms with Gasteiger partial charge in [-0.25, -0.2) is 19.2 Å². The largest absolute Gasteiger partial charge is 0.477 e. The number of esters is 7. The van der Waals surface area contributed by atoms with Crippen molar-refractivity contribution in [1.82, 2.24) is 0 Å². The number of aliphatic carboxylic acids is 1. The summed E-state index contributed by atoms with van der Waals surface area (Å²) in [4.78, 5) is 116. The zero-order chi connectivity index (χ0) is 81.3. The molecule has 4 atom stereocenters. The Bertz CT molecular complexity index is 4890. The molecule has 1 aliphatic rings. The number of carbonyl (C=O) groups excluding carboxylic acids is 7. The Labute approximate surface area is 656 Å². The third kappa shape index (κ3) is 25.1. The van der Waals surface area contributed by atoms with Gasteiger partial charge in [-0.3, -0.25) is 19.2 Å². The number of hydrogen-bond donors (Lipinski definition) is 1. The van der Waals surface area contributed by atoms with Gasteiger partial charge in [0, 0.05) is 50.9 Å². The molecule has 24 nitrogen and oxygen atoms in total. The second-order valence-corrected chi connectivity index (χ2v) is 26.2. The first-order valence-electron chi connectivity index (χ1n) is 35.8. The van der Waals surface area contributed by atoms with Crippen molar-refractivity contribution >= 4 is 113 Å². The lowest BCUT2D eigenvalue weighted by Crippen LogP contribution is -2.47. The van der Waals surface area contributed by atoms with Gasteiger partial charge in [-0.05, 0) is 141 Å². The molecule has 0 spiro atoms. The Morgan fingerprint density at radius 1 is 0.336 bits per heavy atom. The van der Waals surface area contributed by atoms with Crippen LogP contribution in [0.4, 0.5) is 22.7 Å². The zero-order valence-corrected chi connectivity index (χ0v) is 63.0. The van der Waals surface area contributed by atoms with Crippen LogP contribution in [0.2, 0.25) is 0 Å². The third-order valence-corrected chi connectivity index (χ3v) is 18.6. The van der Waals surface area contributed by atoms with E-state index in [1.807, 2.05) is 54.6 Å². The lowest BCUT2D eigenvalue weighted by molar-refractivity contribution is -0.175. The fourth-order valence-corrected chi connectivity index (χ4v) is 11.8. The molecule has 0 radical (unpaired) electrons. The molecule has 1 aliphatic carbocycles. The van der Waals surface area contributed by atoms with E-state index in [1.54, 1.807) is 206 Å². The van der Waals surface area contributed by atoms with E-state index >= 15 is 0 Å². The minimum absolute atomic E-state index is 0.0494. The highest BCUT2D eigenvalue weighted by Gasteiger charge is 2.51. The van der Waals surface area contributed by atoms with E-state index in [-0.39, 0.29) is 89.1 Å². The summed E-state index contributed by atoms with van der Waals surface area (Å²) in [6, 6.07) is 56.2. The Morgan fingerprint density at radius 3 is 0.735 bits per heavy atom. The normalized spacial score (nSPS) is 14.6. The van der Waals surface area contributed by atoms with Crippen molar-refractivity contribution in [3.63, 3.8) is 0 Å². The molecule has 1 saturated carbocycles. The SMILES string of the molecule is C=Cc1ccc(COC(=O)/C(C#N)=C/c2ccc(N(C)CCOC(=O)C3CC(C(=O)OCCN(C)c4ccc(/C=C(\C#N)C(=O)OCc5ccc(C=C)cc5)cc4)C(C(=O)OCCN(C)c4ccc(/C=C(\C#N)C(=O)OCc5ccc(C=C)cc5)cc4)CC3C(=O)OCCN(C)c3ccc(/C=C(\C#N)C(=O)O)cc3)cc2)cc1. The molecule has 7 aromatic carbocycles. The minimum atomic E-state index is -1.38. The van der Waals surface area contributed by atoms with Crippen molar-refractivity contribution in [2.45, 2.75) is 32.7 Å². The molecule has 0 heterocycles. The summed E-state index contributed by atoms with van der Waals surface area (Å²) in [7, 11) is 6.94. The highest BCUT2D eigenvalue weighted by Crippen LogP contribution is 2.41. The van der Waals surface area contributed by atoms with Gasteiger partial charge in [0.25, 0.3) is 0 Å². The summed E-state index contributed by atoms with van der Waals surface area (Å²) in [6.45, 7) is 10.7. The van der Waals surface area contributed by atoms with Crippen molar-refractivity contribution in [2.75, 3.05) is 100 Å². The number of ether oxygens (including phenoxy) is 7. The molecule has 1 fully saturated rings. The molecule has 24 heteroatoms. The van der Waals surface area contributed by atoms with E-state index in [0.29, 0.717) is 45.0 Å². The van der Waals surface area contributed by atoms with Gasteiger partial charge in [-0.1, -0.05) is 159 Å². The van der Waals surface area contributed by atoms with E-state index in [2.05, 4.69) is 19.7 Å². The highest BCUT2D eigenvalue weighted by atomic mass is 16.6. The molecule has 7 aromatic rings. The average Bonchev–Trinajstić information content (AvgIpc) is 0.782. The molecule has 113 heavy (non-hydrogen) atoms. The molecule has 0 amide bonds. The molecular weight excluding hydrogens is 1440 g/mol. The van der Waals surface area contributed by atoms with Gasteiger partial charge in [0.1, 0.15) is 92.8 Å². The summed E-state index contributed by atoms with van der Waals surface area (Å²) in [5, 5.41) is 48.3. The Kier molecular flexibility index (Phi) is 31.6. The topological polar surface area (TPSA) is 330 Å². The van der Waals surface area contributed by atoms with Gasteiger partial charge < -0.3 is 57.9 Å². The summed E-state index contributed by atoms with van der Waals surface area (Å²) < 4.78 is 40.0. The van der Waals surface area contributed by atoms with Crippen LogP contribution < -0.4 is 19.6 Å². The number of carboxylic acid groups (broad SMARTS) is 1. The van der Waals surface area contributed by atoms with Gasteiger partial charge in [0.2, 0.25) is 0 Å². The summed E-state index contributed by atoms with van der Waals surface area (Å²) >= 11 is 0. The van der Waals surface area contributed by atoms with Crippen LogP contribution in [0.25, 0.3) is 42.5 Å². The molecular formula is C89H84N8O16. The molecule has 0 aliphatic heterocycles. The van der Waals surface area contributed by atoms with E-state index in [9.17, 15) is 64.5 Å². The molecule has 8 rings (SSSR count). The van der Waals surface area contributed by atoms with Gasteiger partial charge in [-0.2, -0.15) is 21.0 Å². The third-order valence-electron chi connectivity index (χ3n) is 18.6. The minimum Gasteiger partial charge on any atom is -0.477 e. The quantitative estimate of drug-likeness (QED) is 0.0164. The van der Waals surface area contributed by atoms with Gasteiger partial charge in [-0.15, -0.1) is 0 Å². The van der Waals surface area contributed by atoms with E-state index < -0.39 is 89.8 Å². The Hall–Kier alpha value is -14.4. The predicted octanol–water partition coefficient (Wildman–Crippen LogP) is 12.8. The van der Waals surface area contributed by atoms with Gasteiger partial charge in [0.15, 0.2) is 0 Å². The van der Waals surface area contributed by atoms with Crippen molar-refractivity contribution in [3.8, 4) is 24.3 Å². The van der Waals surface area contributed by atoms with E-state index in [4.69, 9.17) is 33.2 Å². The number of rotatable bonds is 37. The zero-order valence-electron chi connectivity index (χ0n) is 63.0. The monoisotopic (exact) mass is 1520 g/mol. The molecule has 576 valence electrons. The number of carboxylic acids is 1. The van der Waals surface area contributed by atoms with Crippen LogP contribution in [0.1, 0.15) is 68.5 Å². The van der Waals surface area contributed by atoms with Gasteiger partial charge in [0.05, 0.1) is 49.9 Å². The predicted molar refractivity (Wildman–Crippen MR) is 427 cm³/mol. The highest BCUT2D eigenvalue weighted by molar-refractivity contribution is 6.00. The van der Waals surface area contributed by atoms with Gasteiger partial charge >= 0.3 is 47.8 Å². The summed E-state index contributed by atoms with van der Waals surface area (Å²) in [5.74, 6) is -12.7. The smallest absolute Gasteiger partial charge is 0.349 e. The van der Waals surface area contributed by atoms with Crippen LogP contribution in [-0.2, 0) is 91.3 Å². The second kappa shape index (κ2) is 42.4. The number of anilines is 4. The number of nitrogens with zero attached hydrogens (tertiary/aromatic N) is 8. The maximum atomic E-state index is 14.7. The first-order valence-corrected chi connectivity index (χ1v) is 35.8. The lowest BCUT2D eigenvalue weighted by atomic mass is 9.68. The van der Waals surface area contributed by atoms with E-state index in [0.717, 1.165) is 33.4 Å². The summed E-state index contributed by atoms with van der Waals surface area (Å²) in [5.41, 5.74) is 8.38. The average molecular weight is 1520 g/mol. The summed E-state index contributed by atoms with van der Waals surface area (Å²) in [6.07, 6.45) is 9.66. The molecule has 4 unspecified atom stereocenters. The lowest BCUT2D eigenvalue weighted by Gasteiger charge is -2.37. The maximum Gasteiger partial charge on any atom is 0.349 e. The number of nitriles is 4. The Balaban J connectivity index is 0.980. The number of hydrogen-bond acceptors (Lipinski definition) is 23. The first-order chi connectivity index (χ1) is 54.5. The van der Waals surface area contributed by atoms with Crippen LogP contribution in [0.3, 0.4) is 0 Å². The fraction of sp³-hybridized carbons (Fsp3) is 0.236. The Morgan fingerprint density at radius 2 is 0.540 bits per heavy atom. The first kappa shape index (κ1) is 84.3. The standard InChI is InChI=1S/C89H84N8O16/c1-8-60-11-17-67(18-12-60)57-111-83(100)71(54-91)48-64-25-33-75(34-26-64)95(5)40-44-108-87(104)79-52-81(89(106)110-46-42-97(7)77-37-29-66(30-38-77)50-73(56-93)85(102)113-59-69-21-15-62(10-3)16-22-69)80(51-78(79)86(103)107-43-39-94(4)74-31-23-63(24-32-74)47-70(53-90)82(98)99)88(105)109-45-41-96(6)76-35-27-65(28-36-76)49-72(55-92)84(101)112-58-68-19-13-61(9-2)14-20-68/h8-38,47-50,78-81H,1-3,39-46,51-52,57-59H2,4-7H3,(H,98,99)/b70-47+,71-48+,72-49+,73-50+. The van der Waals surface area contributed by atoms with Crippen LogP contribution in [0.15, 0.2) is 212 Å². The number of benzene rings is 7. The molecule has 0 saturated heterocycles. The number of carbonyl (C=O) groups is 8. The molecule has 0 aromatic heterocycles. The van der Waals surface area contributed by atoms with Crippen LogP contribution in [0, 0.1) is 69.0 Å². The van der Waals surface area contributed by atoms with Crippen molar-refractivity contribution in [2.24, 2.45) is 23.7 Å². The maximum absolute atomic E-state index is 14.7. The van der Waals surface area contributed by atoms with Crippen LogP contribution in [0.5, 0.6) is 0 Å². The van der Waals surface area contributed by atoms with Crippen molar-refractivity contribution in [1.29, 1.82) is 21.0 Å².